The van der Waals surface area contributed by atoms with Crippen LogP contribution in [0, 0.1) is 0 Å². The van der Waals surface area contributed by atoms with E-state index < -0.39 is 0 Å². The van der Waals surface area contributed by atoms with Crippen LogP contribution in [0.15, 0.2) is 48.5 Å². The Balaban J connectivity index is 0.000000203. The van der Waals surface area contributed by atoms with Gasteiger partial charge in [-0.15, -0.1) is 0 Å². The predicted molar refractivity (Wildman–Crippen MR) is 190 cm³/mol. The maximum absolute atomic E-state index is 6.13. The molecule has 3 aliphatic rings. The predicted octanol–water partition coefficient (Wildman–Crippen LogP) is 5.18. The number of hydrogen-bond acceptors (Lipinski definition) is 8. The number of nitrogens with zero attached hydrogens (tertiary/aromatic N) is 1. The summed E-state index contributed by atoms with van der Waals surface area (Å²) < 4.78 is 34.6. The number of rotatable bonds is 7. The molecule has 12 heteroatoms. The highest BCUT2D eigenvalue weighted by Gasteiger charge is 2.52. The van der Waals surface area contributed by atoms with Crippen LogP contribution >= 0.6 is 31.9 Å². The Morgan fingerprint density at radius 2 is 1.14 bits per heavy atom. The van der Waals surface area contributed by atoms with Crippen LogP contribution in [-0.2, 0) is 28.1 Å². The van der Waals surface area contributed by atoms with Crippen molar-refractivity contribution in [3.8, 4) is 0 Å². The molecule has 0 radical (unpaired) electrons. The topological polar surface area (TPSA) is 84.6 Å². The van der Waals surface area contributed by atoms with Crippen LogP contribution in [0.25, 0.3) is 0 Å². The van der Waals surface area contributed by atoms with Crippen LogP contribution in [-0.4, -0.2) is 86.8 Å². The molecule has 2 aromatic rings. The third kappa shape index (κ3) is 9.94. The normalized spacial score (nSPS) is 21.3. The number of hydrogen-bond donors (Lipinski definition) is 1. The van der Waals surface area contributed by atoms with E-state index in [1.807, 2.05) is 52.0 Å². The van der Waals surface area contributed by atoms with Crippen molar-refractivity contribution in [2.24, 2.45) is 0 Å². The fraction of sp³-hybridized carbons (Fsp3) is 0.625. The molecule has 3 aliphatic heterocycles. The standard InChI is InChI=1S/C16H24BNO3.C12H18BNO2.C4H8Br2O/c1-15(2)16(3,4)21-17(20-15)13-6-5-7-14(12-13)18-8-10-19-11-9-18;1-11(2)12(3,4)16-13(15-11)9-6-5-7-10(14)8-9;5-1-3-7-4-2-6/h5-7,12H,8-11H2,1-4H3;5-8H,14H2,1-4H3;1-4H2. The summed E-state index contributed by atoms with van der Waals surface area (Å²) in [6, 6.07) is 16.1. The van der Waals surface area contributed by atoms with E-state index in [0.717, 1.165) is 66.8 Å². The number of anilines is 2. The Morgan fingerprint density at radius 1 is 0.705 bits per heavy atom. The molecule has 2 aromatic carbocycles. The SMILES string of the molecule is BrCCOCCBr.CC1(C)OB(c2cccc(N)c2)OC1(C)C.CC1(C)OB(c2cccc(N3CCOCC3)c2)OC1(C)C. The molecule has 0 aliphatic carbocycles. The first-order chi connectivity index (χ1) is 20.6. The molecule has 0 unspecified atom stereocenters. The smallest absolute Gasteiger partial charge is 0.399 e. The largest absolute Gasteiger partial charge is 0.494 e. The summed E-state index contributed by atoms with van der Waals surface area (Å²) in [4.78, 5) is 2.35. The van der Waals surface area contributed by atoms with Crippen molar-refractivity contribution in [3.63, 3.8) is 0 Å². The number of nitrogen functional groups attached to an aromatic ring is 1. The average Bonchev–Trinajstić information content (AvgIpc) is 3.34. The van der Waals surface area contributed by atoms with Crippen LogP contribution in [0.2, 0.25) is 0 Å². The fourth-order valence-electron chi connectivity index (χ4n) is 4.56. The minimum atomic E-state index is -0.325. The zero-order valence-electron chi connectivity index (χ0n) is 27.7. The lowest BCUT2D eigenvalue weighted by Crippen LogP contribution is -2.41. The van der Waals surface area contributed by atoms with Crippen molar-refractivity contribution < 1.29 is 28.1 Å². The van der Waals surface area contributed by atoms with Crippen LogP contribution in [0.5, 0.6) is 0 Å². The highest BCUT2D eigenvalue weighted by molar-refractivity contribution is 9.09. The molecule has 0 spiro atoms. The van der Waals surface area contributed by atoms with Crippen LogP contribution < -0.4 is 21.6 Å². The molecule has 8 nitrogen and oxygen atoms in total. The Kier molecular flexibility index (Phi) is 13.7. The van der Waals surface area contributed by atoms with Gasteiger partial charge in [-0.2, -0.15) is 0 Å². The number of benzene rings is 2. The van der Waals surface area contributed by atoms with Gasteiger partial charge in [-0.05, 0) is 90.6 Å². The van der Waals surface area contributed by atoms with Crippen LogP contribution in [0.4, 0.5) is 11.4 Å². The molecule has 2 N–H and O–H groups in total. The maximum atomic E-state index is 6.13. The van der Waals surface area contributed by atoms with E-state index in [0.29, 0.717) is 0 Å². The Labute approximate surface area is 282 Å². The van der Waals surface area contributed by atoms with Gasteiger partial charge in [-0.1, -0.05) is 56.1 Å². The van der Waals surface area contributed by atoms with Gasteiger partial charge in [0.05, 0.1) is 48.8 Å². The van der Waals surface area contributed by atoms with Crippen LogP contribution in [0.3, 0.4) is 0 Å². The molecule has 0 bridgehead atoms. The third-order valence-corrected chi connectivity index (χ3v) is 9.30. The molecule has 0 atom stereocenters. The van der Waals surface area contributed by atoms with Gasteiger partial charge >= 0.3 is 14.2 Å². The zero-order chi connectivity index (χ0) is 32.6. The van der Waals surface area contributed by atoms with Crippen molar-refractivity contribution in [1.82, 2.24) is 0 Å². The Bertz CT molecular complexity index is 1140. The quantitative estimate of drug-likeness (QED) is 0.180. The number of ether oxygens (including phenoxy) is 2. The first-order valence-corrected chi connectivity index (χ1v) is 17.6. The van der Waals surface area contributed by atoms with E-state index >= 15 is 0 Å². The third-order valence-electron chi connectivity index (χ3n) is 8.65. The first kappa shape index (κ1) is 37.3. The second-order valence-corrected chi connectivity index (χ2v) is 14.6. The number of morpholine rings is 1. The summed E-state index contributed by atoms with van der Waals surface area (Å²) >= 11 is 6.48. The summed E-state index contributed by atoms with van der Waals surface area (Å²) in [5, 5.41) is 1.86. The van der Waals surface area contributed by atoms with Gasteiger partial charge in [0, 0.05) is 35.1 Å². The van der Waals surface area contributed by atoms with Crippen LogP contribution in [0.1, 0.15) is 55.4 Å². The molecular weight excluding hydrogens is 690 g/mol. The van der Waals surface area contributed by atoms with Crippen molar-refractivity contribution >= 4 is 68.4 Å². The number of halogens is 2. The molecule has 3 saturated heterocycles. The highest BCUT2D eigenvalue weighted by Crippen LogP contribution is 2.37. The lowest BCUT2D eigenvalue weighted by molar-refractivity contribution is 0.00578. The molecule has 0 amide bonds. The molecule has 5 rings (SSSR count). The van der Waals surface area contributed by atoms with Gasteiger partial charge in [0.1, 0.15) is 0 Å². The minimum absolute atomic E-state index is 0.295. The van der Waals surface area contributed by atoms with E-state index in [1.165, 1.54) is 5.69 Å². The monoisotopic (exact) mass is 738 g/mol. The summed E-state index contributed by atoms with van der Waals surface area (Å²) in [5.74, 6) is 0. The maximum Gasteiger partial charge on any atom is 0.494 e. The van der Waals surface area contributed by atoms with E-state index in [1.54, 1.807) is 0 Å². The van der Waals surface area contributed by atoms with Gasteiger partial charge in [-0.25, -0.2) is 0 Å². The second kappa shape index (κ2) is 16.1. The van der Waals surface area contributed by atoms with Gasteiger partial charge in [0.15, 0.2) is 0 Å². The number of alkyl halides is 2. The fourth-order valence-corrected chi connectivity index (χ4v) is 5.02. The molecule has 0 saturated carbocycles. The van der Waals surface area contributed by atoms with Crippen molar-refractivity contribution in [2.75, 3.05) is 60.8 Å². The Hall–Kier alpha value is -1.11. The lowest BCUT2D eigenvalue weighted by Gasteiger charge is -2.32. The van der Waals surface area contributed by atoms with Crippen molar-refractivity contribution in [2.45, 2.75) is 77.8 Å². The van der Waals surface area contributed by atoms with Gasteiger partial charge in [0.2, 0.25) is 0 Å². The first-order valence-electron chi connectivity index (χ1n) is 15.3. The van der Waals surface area contributed by atoms with E-state index in [4.69, 9.17) is 33.8 Å². The van der Waals surface area contributed by atoms with Gasteiger partial charge in [0.25, 0.3) is 0 Å². The van der Waals surface area contributed by atoms with E-state index in [9.17, 15) is 0 Å². The highest BCUT2D eigenvalue weighted by atomic mass is 79.9. The van der Waals surface area contributed by atoms with Crippen molar-refractivity contribution in [1.29, 1.82) is 0 Å². The summed E-state index contributed by atoms with van der Waals surface area (Å²) in [5.41, 5.74) is 8.54. The lowest BCUT2D eigenvalue weighted by atomic mass is 9.79. The summed E-state index contributed by atoms with van der Waals surface area (Å²) in [6.07, 6.45) is 0. The van der Waals surface area contributed by atoms with Gasteiger partial charge < -0.3 is 38.7 Å². The minimum Gasteiger partial charge on any atom is -0.399 e. The molecular formula is C32H50B2Br2N2O6. The van der Waals surface area contributed by atoms with E-state index in [2.05, 4.69) is 88.7 Å². The molecule has 3 heterocycles. The molecule has 0 aromatic heterocycles. The molecule has 3 fully saturated rings. The number of nitrogens with two attached hydrogens (primary N) is 1. The zero-order valence-corrected chi connectivity index (χ0v) is 30.8. The summed E-state index contributed by atoms with van der Waals surface area (Å²) in [6.45, 7) is 21.6. The van der Waals surface area contributed by atoms with Crippen molar-refractivity contribution in [3.05, 3.63) is 48.5 Å². The molecule has 244 valence electrons. The second-order valence-electron chi connectivity index (χ2n) is 13.0. The molecule has 44 heavy (non-hydrogen) atoms. The van der Waals surface area contributed by atoms with E-state index in [-0.39, 0.29) is 36.6 Å². The Morgan fingerprint density at radius 3 is 1.57 bits per heavy atom. The average molecular weight is 740 g/mol. The van der Waals surface area contributed by atoms with Gasteiger partial charge in [-0.3, -0.25) is 0 Å². The summed E-state index contributed by atoms with van der Waals surface area (Å²) in [7, 11) is -0.621.